The van der Waals surface area contributed by atoms with Crippen LogP contribution in [0.2, 0.25) is 0 Å². The van der Waals surface area contributed by atoms with Crippen molar-refractivity contribution in [3.63, 3.8) is 0 Å². The Kier molecular flexibility index (Phi) is 5.60. The molecule has 2 unspecified atom stereocenters. The number of benzene rings is 1. The summed E-state index contributed by atoms with van der Waals surface area (Å²) in [4.78, 5) is 2.73. The summed E-state index contributed by atoms with van der Waals surface area (Å²) in [5, 5.41) is 0. The molecule has 0 radical (unpaired) electrons. The Morgan fingerprint density at radius 2 is 1.77 bits per heavy atom. The van der Waals surface area contributed by atoms with Crippen molar-refractivity contribution in [1.82, 2.24) is 9.21 Å². The van der Waals surface area contributed by atoms with Gasteiger partial charge in [-0.15, -0.1) is 0 Å². The molecule has 0 aromatic heterocycles. The average Bonchev–Trinajstić information content (AvgIpc) is 2.46. The lowest BCUT2D eigenvalue weighted by Gasteiger charge is -2.43. The van der Waals surface area contributed by atoms with Crippen LogP contribution in [0.3, 0.4) is 0 Å². The van der Waals surface area contributed by atoms with Gasteiger partial charge in [-0.1, -0.05) is 18.2 Å². The zero-order valence-electron chi connectivity index (χ0n) is 13.8. The van der Waals surface area contributed by atoms with E-state index in [0.717, 1.165) is 12.1 Å². The standard InChI is InChI=1S/C16H26N2O3S/c1-13-7-5-6-8-16(13)22(19,20)17-11-14(2)18(9-10-21-4)15(3)12-17/h5-8,14-15H,9-12H2,1-4H3. The van der Waals surface area contributed by atoms with Crippen molar-refractivity contribution in [3.05, 3.63) is 29.8 Å². The van der Waals surface area contributed by atoms with Crippen LogP contribution in [0, 0.1) is 6.92 Å². The third kappa shape index (κ3) is 3.51. The van der Waals surface area contributed by atoms with Gasteiger partial charge in [-0.05, 0) is 32.4 Å². The van der Waals surface area contributed by atoms with Crippen LogP contribution < -0.4 is 0 Å². The van der Waals surface area contributed by atoms with Crippen LogP contribution in [0.4, 0.5) is 0 Å². The molecule has 0 spiro atoms. The Hall–Kier alpha value is -0.950. The van der Waals surface area contributed by atoms with Gasteiger partial charge in [0.2, 0.25) is 10.0 Å². The van der Waals surface area contributed by atoms with E-state index in [-0.39, 0.29) is 12.1 Å². The molecule has 2 rings (SSSR count). The van der Waals surface area contributed by atoms with Crippen LogP contribution in [0.5, 0.6) is 0 Å². The number of hydrogen-bond acceptors (Lipinski definition) is 4. The molecule has 6 heteroatoms. The summed E-state index contributed by atoms with van der Waals surface area (Å²) in [5.41, 5.74) is 0.796. The molecule has 22 heavy (non-hydrogen) atoms. The highest BCUT2D eigenvalue weighted by molar-refractivity contribution is 7.89. The fourth-order valence-electron chi connectivity index (χ4n) is 3.13. The number of rotatable bonds is 5. The van der Waals surface area contributed by atoms with E-state index in [1.807, 2.05) is 19.1 Å². The lowest BCUT2D eigenvalue weighted by Crippen LogP contribution is -2.58. The highest BCUT2D eigenvalue weighted by Crippen LogP contribution is 2.24. The van der Waals surface area contributed by atoms with Gasteiger partial charge in [0.05, 0.1) is 11.5 Å². The van der Waals surface area contributed by atoms with Crippen LogP contribution in [-0.4, -0.2) is 63.1 Å². The number of methoxy groups -OCH3 is 1. The summed E-state index contributed by atoms with van der Waals surface area (Å²) in [5.74, 6) is 0. The first kappa shape index (κ1) is 17.4. The summed E-state index contributed by atoms with van der Waals surface area (Å²) in [7, 11) is -1.74. The van der Waals surface area contributed by atoms with Gasteiger partial charge in [0, 0.05) is 38.8 Å². The van der Waals surface area contributed by atoms with Crippen molar-refractivity contribution in [2.24, 2.45) is 0 Å². The number of sulfonamides is 1. The molecule has 1 heterocycles. The molecule has 2 atom stereocenters. The first-order valence-corrected chi connectivity index (χ1v) is 9.12. The number of ether oxygens (including phenoxy) is 1. The maximum absolute atomic E-state index is 12.9. The topological polar surface area (TPSA) is 49.9 Å². The molecular formula is C16H26N2O3S. The third-order valence-electron chi connectivity index (χ3n) is 4.33. The molecular weight excluding hydrogens is 300 g/mol. The first-order chi connectivity index (χ1) is 10.4. The maximum atomic E-state index is 12.9. The Morgan fingerprint density at radius 1 is 1.18 bits per heavy atom. The second-order valence-electron chi connectivity index (χ2n) is 6.02. The van der Waals surface area contributed by atoms with Crippen molar-refractivity contribution in [1.29, 1.82) is 0 Å². The molecule has 0 saturated carbocycles. The summed E-state index contributed by atoms with van der Waals surface area (Å²) < 4.78 is 32.6. The molecule has 0 amide bonds. The summed E-state index contributed by atoms with van der Waals surface area (Å²) in [6.45, 7) is 8.53. The Balaban J connectivity index is 2.19. The SMILES string of the molecule is COCCN1C(C)CN(S(=O)(=O)c2ccccc2C)CC1C. The summed E-state index contributed by atoms with van der Waals surface area (Å²) >= 11 is 0. The fourth-order valence-corrected chi connectivity index (χ4v) is 4.95. The molecule has 1 aliphatic rings. The molecule has 1 aliphatic heterocycles. The van der Waals surface area contributed by atoms with Crippen LogP contribution in [0.25, 0.3) is 0 Å². The van der Waals surface area contributed by atoms with Crippen molar-refractivity contribution < 1.29 is 13.2 Å². The fraction of sp³-hybridized carbons (Fsp3) is 0.625. The Labute approximate surface area is 133 Å². The van der Waals surface area contributed by atoms with Crippen molar-refractivity contribution >= 4 is 10.0 Å². The molecule has 1 aromatic rings. The molecule has 1 fully saturated rings. The van der Waals surface area contributed by atoms with E-state index in [0.29, 0.717) is 24.6 Å². The summed E-state index contributed by atoms with van der Waals surface area (Å²) in [6, 6.07) is 7.53. The molecule has 1 aromatic carbocycles. The van der Waals surface area contributed by atoms with Crippen molar-refractivity contribution in [2.45, 2.75) is 37.8 Å². The molecule has 0 bridgehead atoms. The first-order valence-electron chi connectivity index (χ1n) is 7.68. The normalized spacial score (nSPS) is 24.5. The van der Waals surface area contributed by atoms with Crippen LogP contribution >= 0.6 is 0 Å². The predicted molar refractivity (Wildman–Crippen MR) is 87.4 cm³/mol. The number of hydrogen-bond donors (Lipinski definition) is 0. The zero-order chi connectivity index (χ0) is 16.3. The van der Waals surface area contributed by atoms with Gasteiger partial charge in [-0.25, -0.2) is 8.42 Å². The van der Waals surface area contributed by atoms with Crippen LogP contribution in [-0.2, 0) is 14.8 Å². The van der Waals surface area contributed by atoms with Gasteiger partial charge in [0.1, 0.15) is 0 Å². The van der Waals surface area contributed by atoms with Crippen LogP contribution in [0.15, 0.2) is 29.2 Å². The highest BCUT2D eigenvalue weighted by Gasteiger charge is 2.36. The van der Waals surface area contributed by atoms with E-state index in [2.05, 4.69) is 18.7 Å². The van der Waals surface area contributed by atoms with E-state index >= 15 is 0 Å². The largest absolute Gasteiger partial charge is 0.383 e. The van der Waals surface area contributed by atoms with E-state index in [1.54, 1.807) is 23.5 Å². The lowest BCUT2D eigenvalue weighted by atomic mass is 10.1. The molecule has 1 saturated heterocycles. The van der Waals surface area contributed by atoms with Gasteiger partial charge >= 0.3 is 0 Å². The second-order valence-corrected chi connectivity index (χ2v) is 7.92. The van der Waals surface area contributed by atoms with Gasteiger partial charge in [-0.3, -0.25) is 4.90 Å². The molecule has 124 valence electrons. The molecule has 0 aliphatic carbocycles. The predicted octanol–water partition coefficient (Wildman–Crippen LogP) is 1.72. The minimum absolute atomic E-state index is 0.178. The van der Waals surface area contributed by atoms with Crippen molar-refractivity contribution in [3.8, 4) is 0 Å². The van der Waals surface area contributed by atoms with E-state index in [4.69, 9.17) is 4.74 Å². The average molecular weight is 326 g/mol. The second kappa shape index (κ2) is 7.08. The van der Waals surface area contributed by atoms with Crippen molar-refractivity contribution in [2.75, 3.05) is 33.4 Å². The quantitative estimate of drug-likeness (QED) is 0.827. The smallest absolute Gasteiger partial charge is 0.243 e. The number of piperazine rings is 1. The third-order valence-corrected chi connectivity index (χ3v) is 6.32. The van der Waals surface area contributed by atoms with Gasteiger partial charge in [0.25, 0.3) is 0 Å². The zero-order valence-corrected chi connectivity index (χ0v) is 14.6. The minimum Gasteiger partial charge on any atom is -0.383 e. The van der Waals surface area contributed by atoms with Gasteiger partial charge < -0.3 is 4.74 Å². The number of nitrogens with zero attached hydrogens (tertiary/aromatic N) is 2. The van der Waals surface area contributed by atoms with E-state index in [9.17, 15) is 8.42 Å². The maximum Gasteiger partial charge on any atom is 0.243 e. The van der Waals surface area contributed by atoms with Gasteiger partial charge in [0.15, 0.2) is 0 Å². The minimum atomic E-state index is -3.43. The van der Waals surface area contributed by atoms with E-state index in [1.165, 1.54) is 0 Å². The lowest BCUT2D eigenvalue weighted by molar-refractivity contribution is 0.0495. The van der Waals surface area contributed by atoms with Crippen LogP contribution in [0.1, 0.15) is 19.4 Å². The molecule has 0 N–H and O–H groups in total. The van der Waals surface area contributed by atoms with E-state index < -0.39 is 10.0 Å². The Morgan fingerprint density at radius 3 is 2.32 bits per heavy atom. The monoisotopic (exact) mass is 326 g/mol. The van der Waals surface area contributed by atoms with Gasteiger partial charge in [-0.2, -0.15) is 4.31 Å². The Bertz CT molecular complexity index is 591. The number of aryl methyl sites for hydroxylation is 1. The molecule has 5 nitrogen and oxygen atoms in total. The summed E-state index contributed by atoms with van der Waals surface area (Å²) in [6.07, 6.45) is 0. The highest BCUT2D eigenvalue weighted by atomic mass is 32.2.